The van der Waals surface area contributed by atoms with Crippen LogP contribution in [0.15, 0.2) is 42.5 Å². The number of carbonyl (C=O) groups excluding carboxylic acids is 2. The lowest BCUT2D eigenvalue weighted by atomic mass is 10.1. The zero-order chi connectivity index (χ0) is 24.7. The van der Waals surface area contributed by atoms with Crippen LogP contribution >= 0.6 is 22.9 Å². The summed E-state index contributed by atoms with van der Waals surface area (Å²) in [5, 5.41) is 12.6. The van der Waals surface area contributed by atoms with Gasteiger partial charge in [-0.05, 0) is 37.6 Å². The Morgan fingerprint density at radius 1 is 1.15 bits per heavy atom. The van der Waals surface area contributed by atoms with Crippen LogP contribution in [0.3, 0.4) is 0 Å². The van der Waals surface area contributed by atoms with Crippen LogP contribution in [0.5, 0.6) is 11.5 Å². The van der Waals surface area contributed by atoms with E-state index in [0.717, 1.165) is 12.0 Å². The molecular weight excluding hydrogens is 476 g/mol. The topological polar surface area (TPSA) is 93.7 Å². The van der Waals surface area contributed by atoms with Gasteiger partial charge in [-0.25, -0.2) is 0 Å². The molecule has 0 radical (unpaired) electrons. The normalized spacial score (nSPS) is 11.6. The van der Waals surface area contributed by atoms with Crippen molar-refractivity contribution in [2.24, 2.45) is 0 Å². The molecule has 0 aliphatic rings. The van der Waals surface area contributed by atoms with E-state index in [-0.39, 0.29) is 30.8 Å². The minimum absolute atomic E-state index is 0.0666. The highest BCUT2D eigenvalue weighted by molar-refractivity contribution is 7.18. The average molecular weight is 503 g/mol. The molecule has 0 spiro atoms. The molecule has 0 saturated carbocycles. The zero-order valence-corrected chi connectivity index (χ0v) is 21.1. The standard InChI is InChI=1S/C24H27ClN4O4S/c1-5-15(2)29(23(31)19-10-9-18(32-3)14-20(19)33-4)12-11-21(30)26-24-28-27-22(34-24)16-7-6-8-17(25)13-16/h6-10,13-15H,5,11-12H2,1-4H3,(H,26,28,30). The largest absolute Gasteiger partial charge is 0.497 e. The first-order valence-electron chi connectivity index (χ1n) is 10.8. The number of carbonyl (C=O) groups is 2. The van der Waals surface area contributed by atoms with Crippen molar-refractivity contribution < 1.29 is 19.1 Å². The van der Waals surface area contributed by atoms with Crippen molar-refractivity contribution in [1.82, 2.24) is 15.1 Å². The van der Waals surface area contributed by atoms with Crippen molar-refractivity contribution in [1.29, 1.82) is 0 Å². The van der Waals surface area contributed by atoms with E-state index in [9.17, 15) is 9.59 Å². The van der Waals surface area contributed by atoms with Gasteiger partial charge in [0.2, 0.25) is 11.0 Å². The molecule has 1 N–H and O–H groups in total. The number of amides is 2. The van der Waals surface area contributed by atoms with Gasteiger partial charge in [0.1, 0.15) is 16.5 Å². The molecular formula is C24H27ClN4O4S. The third-order valence-electron chi connectivity index (χ3n) is 5.35. The maximum Gasteiger partial charge on any atom is 0.257 e. The molecule has 1 aromatic heterocycles. The Balaban J connectivity index is 1.67. The highest BCUT2D eigenvalue weighted by Gasteiger charge is 2.24. The monoisotopic (exact) mass is 502 g/mol. The Hall–Kier alpha value is -3.17. The Morgan fingerprint density at radius 3 is 2.62 bits per heavy atom. The Bertz CT molecular complexity index is 1150. The Labute approximate surface area is 207 Å². The maximum atomic E-state index is 13.3. The van der Waals surface area contributed by atoms with Crippen LogP contribution in [-0.2, 0) is 4.79 Å². The maximum absolute atomic E-state index is 13.3. The van der Waals surface area contributed by atoms with E-state index in [4.69, 9.17) is 21.1 Å². The number of methoxy groups -OCH3 is 2. The van der Waals surface area contributed by atoms with Gasteiger partial charge >= 0.3 is 0 Å². The number of benzene rings is 2. The lowest BCUT2D eigenvalue weighted by molar-refractivity contribution is -0.116. The van der Waals surface area contributed by atoms with E-state index < -0.39 is 0 Å². The van der Waals surface area contributed by atoms with Gasteiger partial charge in [-0.1, -0.05) is 42.0 Å². The number of ether oxygens (including phenoxy) is 2. The van der Waals surface area contributed by atoms with Crippen LogP contribution in [-0.4, -0.2) is 53.7 Å². The van der Waals surface area contributed by atoms with Crippen LogP contribution in [0.2, 0.25) is 5.02 Å². The summed E-state index contributed by atoms with van der Waals surface area (Å²) in [4.78, 5) is 27.6. The van der Waals surface area contributed by atoms with Gasteiger partial charge in [0, 0.05) is 35.7 Å². The van der Waals surface area contributed by atoms with Gasteiger partial charge in [0.25, 0.3) is 5.91 Å². The molecule has 0 bridgehead atoms. The second-order valence-corrected chi connectivity index (χ2v) is 8.96. The number of hydrogen-bond donors (Lipinski definition) is 1. The van der Waals surface area contributed by atoms with Crippen LogP contribution in [0.4, 0.5) is 5.13 Å². The molecule has 1 heterocycles. The predicted molar refractivity (Wildman–Crippen MR) is 134 cm³/mol. The molecule has 10 heteroatoms. The third-order valence-corrected chi connectivity index (χ3v) is 6.47. The number of halogens is 1. The van der Waals surface area contributed by atoms with E-state index >= 15 is 0 Å². The van der Waals surface area contributed by atoms with Crippen LogP contribution < -0.4 is 14.8 Å². The third kappa shape index (κ3) is 6.24. The molecule has 0 aliphatic heterocycles. The van der Waals surface area contributed by atoms with Gasteiger partial charge in [0.15, 0.2) is 0 Å². The summed E-state index contributed by atoms with van der Waals surface area (Å²) in [6.07, 6.45) is 0.853. The molecule has 0 fully saturated rings. The van der Waals surface area contributed by atoms with Crippen LogP contribution in [0.25, 0.3) is 10.6 Å². The van der Waals surface area contributed by atoms with Crippen molar-refractivity contribution in [2.75, 3.05) is 26.1 Å². The first-order chi connectivity index (χ1) is 16.4. The summed E-state index contributed by atoms with van der Waals surface area (Å²) in [5.74, 6) is 0.555. The molecule has 180 valence electrons. The number of hydrogen-bond acceptors (Lipinski definition) is 7. The van der Waals surface area contributed by atoms with Crippen molar-refractivity contribution in [3.63, 3.8) is 0 Å². The summed E-state index contributed by atoms with van der Waals surface area (Å²) in [6.45, 7) is 4.19. The molecule has 1 atom stereocenters. The summed E-state index contributed by atoms with van der Waals surface area (Å²) < 4.78 is 10.6. The smallest absolute Gasteiger partial charge is 0.257 e. The fourth-order valence-corrected chi connectivity index (χ4v) is 4.23. The number of aromatic nitrogens is 2. The summed E-state index contributed by atoms with van der Waals surface area (Å²) in [7, 11) is 3.06. The lowest BCUT2D eigenvalue weighted by Crippen LogP contribution is -2.40. The van der Waals surface area contributed by atoms with Gasteiger partial charge in [0.05, 0.1) is 19.8 Å². The van der Waals surface area contributed by atoms with E-state index in [1.54, 1.807) is 42.3 Å². The molecule has 3 rings (SSSR count). The predicted octanol–water partition coefficient (Wildman–Crippen LogP) is 5.15. The molecule has 1 unspecified atom stereocenters. The first-order valence-corrected chi connectivity index (χ1v) is 12.0. The molecule has 3 aromatic rings. The minimum atomic E-state index is -0.253. The molecule has 0 saturated heterocycles. The number of nitrogens with one attached hydrogen (secondary N) is 1. The van der Waals surface area contributed by atoms with E-state index in [1.807, 2.05) is 26.0 Å². The Kier molecular flexibility index (Phi) is 8.84. The molecule has 8 nitrogen and oxygen atoms in total. The first kappa shape index (κ1) is 25.5. The van der Waals surface area contributed by atoms with Crippen molar-refractivity contribution >= 4 is 39.9 Å². The summed E-state index contributed by atoms with van der Waals surface area (Å²) >= 11 is 7.30. The zero-order valence-electron chi connectivity index (χ0n) is 19.5. The fourth-order valence-electron chi connectivity index (χ4n) is 3.29. The van der Waals surface area contributed by atoms with Crippen LogP contribution in [0, 0.1) is 0 Å². The van der Waals surface area contributed by atoms with Crippen molar-refractivity contribution in [3.8, 4) is 22.1 Å². The Morgan fingerprint density at radius 2 is 1.94 bits per heavy atom. The SMILES string of the molecule is CCC(C)N(CCC(=O)Nc1nnc(-c2cccc(Cl)c2)s1)C(=O)c1ccc(OC)cc1OC. The lowest BCUT2D eigenvalue weighted by Gasteiger charge is -2.29. The van der Waals surface area contributed by atoms with Crippen molar-refractivity contribution in [3.05, 3.63) is 53.1 Å². The van der Waals surface area contributed by atoms with Gasteiger partial charge in [-0.2, -0.15) is 0 Å². The van der Waals surface area contributed by atoms with Crippen molar-refractivity contribution in [2.45, 2.75) is 32.7 Å². The van der Waals surface area contributed by atoms with E-state index in [1.165, 1.54) is 18.4 Å². The van der Waals surface area contributed by atoms with Gasteiger partial charge in [-0.15, -0.1) is 10.2 Å². The average Bonchev–Trinajstić information content (AvgIpc) is 3.31. The molecule has 2 amide bonds. The van der Waals surface area contributed by atoms with Gasteiger partial charge in [-0.3, -0.25) is 9.59 Å². The second-order valence-electron chi connectivity index (χ2n) is 7.54. The number of nitrogens with zero attached hydrogens (tertiary/aromatic N) is 3. The van der Waals surface area contributed by atoms with Crippen LogP contribution in [0.1, 0.15) is 37.0 Å². The summed E-state index contributed by atoms with van der Waals surface area (Å²) in [5.41, 5.74) is 1.24. The fraction of sp³-hybridized carbons (Fsp3) is 0.333. The highest BCUT2D eigenvalue weighted by atomic mass is 35.5. The quantitative estimate of drug-likeness (QED) is 0.412. The number of rotatable bonds is 10. The van der Waals surface area contributed by atoms with Gasteiger partial charge < -0.3 is 19.7 Å². The van der Waals surface area contributed by atoms with E-state index in [2.05, 4.69) is 15.5 Å². The second kappa shape index (κ2) is 11.8. The van der Waals surface area contributed by atoms with E-state index in [0.29, 0.717) is 32.2 Å². The summed E-state index contributed by atoms with van der Waals surface area (Å²) in [6, 6.07) is 12.3. The minimum Gasteiger partial charge on any atom is -0.497 e. The highest BCUT2D eigenvalue weighted by Crippen LogP contribution is 2.29. The number of anilines is 1. The molecule has 2 aromatic carbocycles. The molecule has 34 heavy (non-hydrogen) atoms. The molecule has 0 aliphatic carbocycles.